The topological polar surface area (TPSA) is 50.4 Å². The Balaban J connectivity index is 1.42. The molecule has 0 radical (unpaired) electrons. The van der Waals surface area contributed by atoms with Gasteiger partial charge in [0.1, 0.15) is 11.9 Å². The van der Waals surface area contributed by atoms with Crippen molar-refractivity contribution in [3.8, 4) is 0 Å². The van der Waals surface area contributed by atoms with Crippen LogP contribution >= 0.6 is 0 Å². The third-order valence-electron chi connectivity index (χ3n) is 3.66. The summed E-state index contributed by atoms with van der Waals surface area (Å²) < 4.78 is 11.1. The predicted octanol–water partition coefficient (Wildman–Crippen LogP) is 1.10. The van der Waals surface area contributed by atoms with Crippen LogP contribution in [-0.4, -0.2) is 53.4 Å². The summed E-state index contributed by atoms with van der Waals surface area (Å²) >= 11 is 0. The molecule has 5 heteroatoms. The maximum Gasteiger partial charge on any atom is 0.120 e. The molecule has 0 aromatic carbocycles. The molecule has 3 rings (SSSR count). The Morgan fingerprint density at radius 2 is 2.17 bits per heavy atom. The van der Waals surface area contributed by atoms with E-state index >= 15 is 0 Å². The van der Waals surface area contributed by atoms with E-state index in [2.05, 4.69) is 14.9 Å². The highest BCUT2D eigenvalue weighted by Gasteiger charge is 2.26. The van der Waals surface area contributed by atoms with Crippen molar-refractivity contribution in [3.63, 3.8) is 0 Å². The zero-order valence-electron chi connectivity index (χ0n) is 10.9. The molecule has 1 aromatic heterocycles. The second kappa shape index (κ2) is 5.38. The lowest BCUT2D eigenvalue weighted by atomic mass is 10.1. The summed E-state index contributed by atoms with van der Waals surface area (Å²) in [5, 5.41) is 0. The second-order valence-electron chi connectivity index (χ2n) is 5.28. The molecule has 2 aliphatic rings. The van der Waals surface area contributed by atoms with Gasteiger partial charge in [-0.05, 0) is 19.8 Å². The molecule has 1 aromatic rings. The number of H-pyrrole nitrogens is 1. The average Bonchev–Trinajstić information content (AvgIpc) is 2.72. The number of hydrogen-bond donors (Lipinski definition) is 1. The number of piperidine rings is 1. The van der Waals surface area contributed by atoms with Gasteiger partial charge in [0.05, 0.1) is 25.9 Å². The first kappa shape index (κ1) is 12.1. The van der Waals surface area contributed by atoms with Crippen LogP contribution in [0.3, 0.4) is 0 Å². The number of nitrogens with zero attached hydrogens (tertiary/aromatic N) is 2. The van der Waals surface area contributed by atoms with Gasteiger partial charge in [-0.15, -0.1) is 0 Å². The van der Waals surface area contributed by atoms with Crippen molar-refractivity contribution in [2.24, 2.45) is 0 Å². The third kappa shape index (κ3) is 2.91. The maximum absolute atomic E-state index is 5.95. The fourth-order valence-corrected chi connectivity index (χ4v) is 2.53. The van der Waals surface area contributed by atoms with E-state index in [-0.39, 0.29) is 0 Å². The van der Waals surface area contributed by atoms with Gasteiger partial charge in [0.25, 0.3) is 0 Å². The van der Waals surface area contributed by atoms with E-state index in [9.17, 15) is 0 Å². The highest BCUT2D eigenvalue weighted by molar-refractivity contribution is 4.98. The van der Waals surface area contributed by atoms with Crippen molar-refractivity contribution >= 4 is 0 Å². The van der Waals surface area contributed by atoms with Crippen LogP contribution in [0, 0.1) is 6.92 Å². The number of ether oxygens (including phenoxy) is 2. The van der Waals surface area contributed by atoms with Crippen LogP contribution in [0.1, 0.15) is 24.4 Å². The molecule has 0 amide bonds. The minimum absolute atomic E-state index is 0.356. The highest BCUT2D eigenvalue weighted by Crippen LogP contribution is 2.19. The first-order chi connectivity index (χ1) is 8.79. The predicted molar refractivity (Wildman–Crippen MR) is 67.3 cm³/mol. The monoisotopic (exact) mass is 251 g/mol. The van der Waals surface area contributed by atoms with Crippen LogP contribution in [-0.2, 0) is 16.0 Å². The van der Waals surface area contributed by atoms with E-state index in [1.54, 1.807) is 0 Å². The summed E-state index contributed by atoms with van der Waals surface area (Å²) in [6.07, 6.45) is 4.91. The standard InChI is InChI=1S/C13H21N3O2/c1-10-6-14-13(15-10)7-16-4-2-11(3-5-16)18-12-8-17-9-12/h6,11-12H,2-5,7-9H2,1H3,(H,14,15). The SMILES string of the molecule is Cc1cnc(CN2CCC(OC3COC3)CC2)[nH]1. The third-order valence-corrected chi connectivity index (χ3v) is 3.66. The zero-order valence-corrected chi connectivity index (χ0v) is 10.9. The molecule has 5 nitrogen and oxygen atoms in total. The molecule has 0 aliphatic carbocycles. The lowest BCUT2D eigenvalue weighted by Gasteiger charge is -2.35. The van der Waals surface area contributed by atoms with Crippen LogP contribution < -0.4 is 0 Å². The number of hydrogen-bond acceptors (Lipinski definition) is 4. The zero-order chi connectivity index (χ0) is 12.4. The number of imidazole rings is 1. The normalized spacial score (nSPS) is 23.2. The number of rotatable bonds is 4. The van der Waals surface area contributed by atoms with Crippen molar-refractivity contribution in [1.82, 2.24) is 14.9 Å². The Morgan fingerprint density at radius 3 is 2.72 bits per heavy atom. The molecule has 2 saturated heterocycles. The summed E-state index contributed by atoms with van der Waals surface area (Å²) in [5.74, 6) is 1.07. The summed E-state index contributed by atoms with van der Waals surface area (Å²) in [6.45, 7) is 6.72. The van der Waals surface area contributed by atoms with E-state index in [1.165, 1.54) is 0 Å². The maximum atomic E-state index is 5.95. The van der Waals surface area contributed by atoms with Gasteiger partial charge in [-0.3, -0.25) is 4.90 Å². The molecule has 18 heavy (non-hydrogen) atoms. The largest absolute Gasteiger partial charge is 0.376 e. The number of aromatic amines is 1. The molecule has 0 unspecified atom stereocenters. The van der Waals surface area contributed by atoms with E-state index in [0.29, 0.717) is 12.2 Å². The van der Waals surface area contributed by atoms with Gasteiger partial charge in [-0.1, -0.05) is 0 Å². The summed E-state index contributed by atoms with van der Waals surface area (Å²) in [6, 6.07) is 0. The average molecular weight is 251 g/mol. The van der Waals surface area contributed by atoms with Crippen molar-refractivity contribution in [2.75, 3.05) is 26.3 Å². The van der Waals surface area contributed by atoms with Crippen molar-refractivity contribution < 1.29 is 9.47 Å². The molecule has 100 valence electrons. The number of likely N-dealkylation sites (tertiary alicyclic amines) is 1. The van der Waals surface area contributed by atoms with Crippen LogP contribution in [0.2, 0.25) is 0 Å². The first-order valence-corrected chi connectivity index (χ1v) is 6.75. The van der Waals surface area contributed by atoms with E-state index in [4.69, 9.17) is 9.47 Å². The minimum atomic E-state index is 0.356. The minimum Gasteiger partial charge on any atom is -0.376 e. The molecule has 0 bridgehead atoms. The molecule has 1 N–H and O–H groups in total. The van der Waals surface area contributed by atoms with E-state index < -0.39 is 0 Å². The number of nitrogens with one attached hydrogen (secondary N) is 1. The quantitative estimate of drug-likeness (QED) is 0.870. The Hall–Kier alpha value is -0.910. The number of aryl methyl sites for hydroxylation is 1. The molecule has 0 saturated carbocycles. The Morgan fingerprint density at radius 1 is 1.39 bits per heavy atom. The van der Waals surface area contributed by atoms with Gasteiger partial charge >= 0.3 is 0 Å². The molecular weight excluding hydrogens is 230 g/mol. The molecule has 0 atom stereocenters. The van der Waals surface area contributed by atoms with Crippen molar-refractivity contribution in [2.45, 2.75) is 38.5 Å². The Labute approximate surface area is 107 Å². The molecule has 0 spiro atoms. The van der Waals surface area contributed by atoms with Gasteiger partial charge in [-0.2, -0.15) is 0 Å². The Kier molecular flexibility index (Phi) is 3.63. The van der Waals surface area contributed by atoms with Crippen LogP contribution in [0.15, 0.2) is 6.20 Å². The van der Waals surface area contributed by atoms with Gasteiger partial charge in [-0.25, -0.2) is 4.98 Å². The molecule has 2 aliphatic heterocycles. The van der Waals surface area contributed by atoms with Crippen LogP contribution in [0.4, 0.5) is 0 Å². The highest BCUT2D eigenvalue weighted by atomic mass is 16.6. The van der Waals surface area contributed by atoms with E-state index in [1.807, 2.05) is 13.1 Å². The van der Waals surface area contributed by atoms with Crippen LogP contribution in [0.25, 0.3) is 0 Å². The molecule has 3 heterocycles. The lowest BCUT2D eigenvalue weighted by Crippen LogP contribution is -2.43. The van der Waals surface area contributed by atoms with Crippen molar-refractivity contribution in [3.05, 3.63) is 17.7 Å². The first-order valence-electron chi connectivity index (χ1n) is 6.75. The van der Waals surface area contributed by atoms with Gasteiger partial charge in [0, 0.05) is 25.0 Å². The fraction of sp³-hybridized carbons (Fsp3) is 0.769. The second-order valence-corrected chi connectivity index (χ2v) is 5.28. The number of aromatic nitrogens is 2. The van der Waals surface area contributed by atoms with Crippen LogP contribution in [0.5, 0.6) is 0 Å². The smallest absolute Gasteiger partial charge is 0.120 e. The van der Waals surface area contributed by atoms with Gasteiger partial charge < -0.3 is 14.5 Å². The summed E-state index contributed by atoms with van der Waals surface area (Å²) in [7, 11) is 0. The fourth-order valence-electron chi connectivity index (χ4n) is 2.53. The van der Waals surface area contributed by atoms with E-state index in [0.717, 1.165) is 57.2 Å². The van der Waals surface area contributed by atoms with Crippen molar-refractivity contribution in [1.29, 1.82) is 0 Å². The van der Waals surface area contributed by atoms with Gasteiger partial charge in [0.2, 0.25) is 0 Å². The summed E-state index contributed by atoms with van der Waals surface area (Å²) in [4.78, 5) is 10.1. The van der Waals surface area contributed by atoms with Gasteiger partial charge in [0.15, 0.2) is 0 Å². The Bertz CT molecular complexity index is 381. The molecule has 2 fully saturated rings. The molecular formula is C13H21N3O2. The lowest BCUT2D eigenvalue weighted by molar-refractivity contribution is -0.162. The summed E-state index contributed by atoms with van der Waals surface area (Å²) in [5.41, 5.74) is 1.13.